The zero-order valence-electron chi connectivity index (χ0n) is 9.64. The van der Waals surface area contributed by atoms with Crippen LogP contribution in [0.3, 0.4) is 0 Å². The maximum Gasteiger partial charge on any atom is 0.241 e. The van der Waals surface area contributed by atoms with Gasteiger partial charge in [-0.1, -0.05) is 11.6 Å². The van der Waals surface area contributed by atoms with Crippen LogP contribution in [0.1, 0.15) is 6.92 Å². The van der Waals surface area contributed by atoms with Gasteiger partial charge in [-0.3, -0.25) is 4.79 Å². The van der Waals surface area contributed by atoms with Gasteiger partial charge in [0.2, 0.25) is 5.91 Å². The number of carbonyl (C=O) groups is 1. The second-order valence-electron chi connectivity index (χ2n) is 3.52. The molecule has 0 N–H and O–H groups in total. The highest BCUT2D eigenvalue weighted by atomic mass is 35.5. The molecule has 0 fully saturated rings. The molecule has 1 rings (SSSR count). The van der Waals surface area contributed by atoms with E-state index in [0.717, 1.165) is 0 Å². The first-order valence-electron chi connectivity index (χ1n) is 4.99. The van der Waals surface area contributed by atoms with E-state index in [1.807, 2.05) is 11.8 Å². The summed E-state index contributed by atoms with van der Waals surface area (Å²) in [6, 6.07) is 3.41. The molecule has 1 aromatic heterocycles. The van der Waals surface area contributed by atoms with E-state index in [9.17, 15) is 4.79 Å². The van der Waals surface area contributed by atoms with Gasteiger partial charge >= 0.3 is 0 Å². The van der Waals surface area contributed by atoms with Crippen molar-refractivity contribution in [2.24, 2.45) is 0 Å². The van der Waals surface area contributed by atoms with Crippen LogP contribution in [0, 0.1) is 0 Å². The monoisotopic (exact) mass is 242 g/mol. The lowest BCUT2D eigenvalue weighted by atomic mass is 10.4. The quantitative estimate of drug-likeness (QED) is 0.792. The zero-order chi connectivity index (χ0) is 12.1. The van der Waals surface area contributed by atoms with Crippen LogP contribution >= 0.6 is 11.6 Å². The summed E-state index contributed by atoms with van der Waals surface area (Å²) in [6.45, 7) is 2.94. The summed E-state index contributed by atoms with van der Waals surface area (Å²) in [5.74, 6) is 0.681. The summed E-state index contributed by atoms with van der Waals surface area (Å²) in [7, 11) is 3.45. The molecule has 0 aliphatic carbocycles. The summed E-state index contributed by atoms with van der Waals surface area (Å²) in [6.07, 6.45) is 0. The molecule has 0 unspecified atom stereocenters. The highest BCUT2D eigenvalue weighted by Gasteiger charge is 2.12. The number of aromatic nitrogens is 2. The van der Waals surface area contributed by atoms with Crippen molar-refractivity contribution in [2.75, 3.05) is 32.1 Å². The molecule has 6 heteroatoms. The Hall–Kier alpha value is -1.36. The highest BCUT2D eigenvalue weighted by Crippen LogP contribution is 2.11. The number of hydrogen-bond acceptors (Lipinski definition) is 4. The molecular weight excluding hydrogens is 228 g/mol. The van der Waals surface area contributed by atoms with E-state index < -0.39 is 0 Å². The van der Waals surface area contributed by atoms with Crippen LogP contribution in [0.5, 0.6) is 0 Å². The molecule has 0 radical (unpaired) electrons. The SMILES string of the molecule is CCN(CC(=O)N(C)C)c1ccc(Cl)nn1. The molecule has 88 valence electrons. The molecule has 0 aliphatic heterocycles. The van der Waals surface area contributed by atoms with E-state index >= 15 is 0 Å². The summed E-state index contributed by atoms with van der Waals surface area (Å²) in [5, 5.41) is 8.03. The summed E-state index contributed by atoms with van der Waals surface area (Å²) >= 11 is 5.65. The van der Waals surface area contributed by atoms with E-state index in [1.54, 1.807) is 31.1 Å². The molecule has 0 atom stereocenters. The minimum Gasteiger partial charge on any atom is -0.347 e. The maximum absolute atomic E-state index is 11.6. The van der Waals surface area contributed by atoms with Crippen molar-refractivity contribution >= 4 is 23.3 Å². The zero-order valence-corrected chi connectivity index (χ0v) is 10.4. The summed E-state index contributed by atoms with van der Waals surface area (Å²) in [5.41, 5.74) is 0. The van der Waals surface area contributed by atoms with Crippen LogP contribution < -0.4 is 4.90 Å². The molecule has 0 bridgehead atoms. The van der Waals surface area contributed by atoms with Crippen LogP contribution in [-0.4, -0.2) is 48.2 Å². The van der Waals surface area contributed by atoms with Crippen LogP contribution in [0.4, 0.5) is 5.82 Å². The molecule has 0 saturated carbocycles. The lowest BCUT2D eigenvalue weighted by Gasteiger charge is -2.22. The minimum atomic E-state index is 0.0265. The molecule has 1 heterocycles. The third-order valence-corrected chi connectivity index (χ3v) is 2.35. The first-order chi connectivity index (χ1) is 7.54. The molecule has 16 heavy (non-hydrogen) atoms. The van der Waals surface area contributed by atoms with E-state index in [0.29, 0.717) is 24.1 Å². The predicted molar refractivity (Wildman–Crippen MR) is 63.6 cm³/mol. The third kappa shape index (κ3) is 3.34. The molecule has 5 nitrogen and oxygen atoms in total. The van der Waals surface area contributed by atoms with Gasteiger partial charge in [-0.2, -0.15) is 0 Å². The predicted octanol–water partition coefficient (Wildman–Crippen LogP) is 1.04. The average molecular weight is 243 g/mol. The fourth-order valence-electron chi connectivity index (χ4n) is 1.14. The lowest BCUT2D eigenvalue weighted by Crippen LogP contribution is -2.37. The Kier molecular flexibility index (Phi) is 4.49. The Bertz CT molecular complexity index is 352. The normalized spacial score (nSPS) is 10.0. The van der Waals surface area contributed by atoms with Crippen molar-refractivity contribution in [3.05, 3.63) is 17.3 Å². The van der Waals surface area contributed by atoms with Gasteiger partial charge in [0.15, 0.2) is 11.0 Å². The second-order valence-corrected chi connectivity index (χ2v) is 3.90. The van der Waals surface area contributed by atoms with Crippen LogP contribution in [0.15, 0.2) is 12.1 Å². The van der Waals surface area contributed by atoms with Gasteiger partial charge < -0.3 is 9.80 Å². The Morgan fingerprint density at radius 2 is 2.06 bits per heavy atom. The largest absolute Gasteiger partial charge is 0.347 e. The Balaban J connectivity index is 2.74. The van der Waals surface area contributed by atoms with E-state index in [2.05, 4.69) is 10.2 Å². The fraction of sp³-hybridized carbons (Fsp3) is 0.500. The van der Waals surface area contributed by atoms with E-state index in [4.69, 9.17) is 11.6 Å². The average Bonchev–Trinajstić information content (AvgIpc) is 2.26. The number of amides is 1. The molecule has 0 aliphatic rings. The molecule has 1 amide bonds. The maximum atomic E-state index is 11.6. The topological polar surface area (TPSA) is 49.3 Å². The molecular formula is C10H15ClN4O. The van der Waals surface area contributed by atoms with Crippen molar-refractivity contribution in [3.8, 4) is 0 Å². The van der Waals surface area contributed by atoms with Gasteiger partial charge in [0.1, 0.15) is 0 Å². The van der Waals surface area contributed by atoms with E-state index in [1.165, 1.54) is 0 Å². The fourth-order valence-corrected chi connectivity index (χ4v) is 1.24. The first kappa shape index (κ1) is 12.7. The molecule has 0 saturated heterocycles. The van der Waals surface area contributed by atoms with Crippen LogP contribution in [-0.2, 0) is 4.79 Å². The van der Waals surface area contributed by atoms with Gasteiger partial charge in [0.05, 0.1) is 6.54 Å². The van der Waals surface area contributed by atoms with Crippen molar-refractivity contribution in [3.63, 3.8) is 0 Å². The van der Waals surface area contributed by atoms with E-state index in [-0.39, 0.29) is 5.91 Å². The summed E-state index contributed by atoms with van der Waals surface area (Å²) in [4.78, 5) is 14.9. The molecule has 0 spiro atoms. The number of nitrogens with zero attached hydrogens (tertiary/aromatic N) is 4. The number of anilines is 1. The third-order valence-electron chi connectivity index (χ3n) is 2.15. The Labute approximate surface area is 100 Å². The van der Waals surface area contributed by atoms with Gasteiger partial charge in [-0.25, -0.2) is 0 Å². The van der Waals surface area contributed by atoms with Crippen molar-refractivity contribution in [2.45, 2.75) is 6.92 Å². The van der Waals surface area contributed by atoms with Gasteiger partial charge in [0, 0.05) is 20.6 Å². The molecule has 1 aromatic rings. The highest BCUT2D eigenvalue weighted by molar-refractivity contribution is 6.29. The smallest absolute Gasteiger partial charge is 0.241 e. The number of rotatable bonds is 4. The van der Waals surface area contributed by atoms with Crippen LogP contribution in [0.2, 0.25) is 5.15 Å². The Morgan fingerprint density at radius 1 is 1.38 bits per heavy atom. The first-order valence-corrected chi connectivity index (χ1v) is 5.36. The number of halogens is 1. The lowest BCUT2D eigenvalue weighted by molar-refractivity contribution is -0.127. The van der Waals surface area contributed by atoms with Gasteiger partial charge in [0.25, 0.3) is 0 Å². The van der Waals surface area contributed by atoms with Gasteiger partial charge in [-0.15, -0.1) is 10.2 Å². The number of hydrogen-bond donors (Lipinski definition) is 0. The second kappa shape index (κ2) is 5.65. The van der Waals surface area contributed by atoms with Crippen molar-refractivity contribution in [1.82, 2.24) is 15.1 Å². The van der Waals surface area contributed by atoms with Crippen LogP contribution in [0.25, 0.3) is 0 Å². The minimum absolute atomic E-state index is 0.0265. The standard InChI is InChI=1S/C10H15ClN4O/c1-4-15(7-10(16)14(2)3)9-6-5-8(11)12-13-9/h5-6H,4,7H2,1-3H3. The number of likely N-dealkylation sites (N-methyl/N-ethyl adjacent to an activating group) is 2. The van der Waals surface area contributed by atoms with Gasteiger partial charge in [-0.05, 0) is 19.1 Å². The Morgan fingerprint density at radius 3 is 2.50 bits per heavy atom. The van der Waals surface area contributed by atoms with Crippen molar-refractivity contribution in [1.29, 1.82) is 0 Å². The molecule has 0 aromatic carbocycles. The van der Waals surface area contributed by atoms with Crippen molar-refractivity contribution < 1.29 is 4.79 Å². The summed E-state index contributed by atoms with van der Waals surface area (Å²) < 4.78 is 0. The number of carbonyl (C=O) groups excluding carboxylic acids is 1.